The standard InChI is InChI=1S/C20H12INO3S/c21-14-8-6-13(7-9-14)17-11-10-16(25-17)12-18-19(23)22(20(24)26-18)15-4-2-1-3-5-15/h1-12H/b18-12+. The van der Waals surface area contributed by atoms with Gasteiger partial charge in [-0.25, -0.2) is 4.90 Å². The quantitative estimate of drug-likeness (QED) is 0.357. The van der Waals surface area contributed by atoms with Crippen LogP contribution in [0.15, 0.2) is 76.1 Å². The second-order valence-electron chi connectivity index (χ2n) is 5.56. The van der Waals surface area contributed by atoms with Gasteiger partial charge in [-0.1, -0.05) is 30.3 Å². The molecule has 2 aromatic carbocycles. The van der Waals surface area contributed by atoms with Crippen molar-refractivity contribution >= 4 is 57.3 Å². The molecule has 0 bridgehead atoms. The molecule has 3 aromatic rings. The van der Waals surface area contributed by atoms with Crippen LogP contribution in [0.25, 0.3) is 17.4 Å². The van der Waals surface area contributed by atoms with Crippen LogP contribution in [0.1, 0.15) is 5.76 Å². The highest BCUT2D eigenvalue weighted by atomic mass is 127. The molecular formula is C20H12INO3S. The number of imide groups is 1. The number of amides is 2. The minimum atomic E-state index is -0.335. The van der Waals surface area contributed by atoms with E-state index in [1.54, 1.807) is 36.4 Å². The fourth-order valence-corrected chi connectivity index (χ4v) is 3.78. The summed E-state index contributed by atoms with van der Waals surface area (Å²) < 4.78 is 6.97. The van der Waals surface area contributed by atoms with Gasteiger partial charge in [0.05, 0.1) is 10.6 Å². The van der Waals surface area contributed by atoms with E-state index >= 15 is 0 Å². The Bertz CT molecular complexity index is 1010. The summed E-state index contributed by atoms with van der Waals surface area (Å²) >= 11 is 3.16. The average molecular weight is 473 g/mol. The van der Waals surface area contributed by atoms with Crippen LogP contribution in [0.4, 0.5) is 10.5 Å². The molecule has 0 unspecified atom stereocenters. The van der Waals surface area contributed by atoms with E-state index < -0.39 is 0 Å². The monoisotopic (exact) mass is 473 g/mol. The highest BCUT2D eigenvalue weighted by molar-refractivity contribution is 14.1. The van der Waals surface area contributed by atoms with Crippen molar-refractivity contribution in [1.29, 1.82) is 0 Å². The highest BCUT2D eigenvalue weighted by Crippen LogP contribution is 2.36. The van der Waals surface area contributed by atoms with Gasteiger partial charge in [0.1, 0.15) is 11.5 Å². The zero-order chi connectivity index (χ0) is 18.1. The number of nitrogens with zero attached hydrogens (tertiary/aromatic N) is 1. The molecule has 1 fully saturated rings. The van der Waals surface area contributed by atoms with Crippen LogP contribution in [0.2, 0.25) is 0 Å². The molecule has 0 aliphatic carbocycles. The summed E-state index contributed by atoms with van der Waals surface area (Å²) in [5.41, 5.74) is 1.53. The third-order valence-corrected chi connectivity index (χ3v) is 5.43. The van der Waals surface area contributed by atoms with E-state index in [4.69, 9.17) is 4.42 Å². The molecule has 2 heterocycles. The lowest BCUT2D eigenvalue weighted by atomic mass is 10.2. The molecule has 4 rings (SSSR count). The molecule has 0 saturated carbocycles. The summed E-state index contributed by atoms with van der Waals surface area (Å²) in [5.74, 6) is 0.922. The Morgan fingerprint density at radius 1 is 0.923 bits per heavy atom. The Morgan fingerprint density at radius 2 is 1.65 bits per heavy atom. The van der Waals surface area contributed by atoms with Crippen molar-refractivity contribution in [1.82, 2.24) is 0 Å². The molecule has 6 heteroatoms. The third-order valence-electron chi connectivity index (χ3n) is 3.84. The van der Waals surface area contributed by atoms with Gasteiger partial charge in [0.2, 0.25) is 0 Å². The van der Waals surface area contributed by atoms with E-state index in [9.17, 15) is 9.59 Å². The van der Waals surface area contributed by atoms with E-state index in [1.165, 1.54) is 4.90 Å². The first-order valence-electron chi connectivity index (χ1n) is 7.80. The fourth-order valence-electron chi connectivity index (χ4n) is 2.60. The number of benzene rings is 2. The number of thioether (sulfide) groups is 1. The van der Waals surface area contributed by atoms with Crippen molar-refractivity contribution in [3.63, 3.8) is 0 Å². The molecule has 26 heavy (non-hydrogen) atoms. The van der Waals surface area contributed by atoms with Gasteiger partial charge < -0.3 is 4.42 Å². The molecule has 0 N–H and O–H groups in total. The smallest absolute Gasteiger partial charge is 0.298 e. The summed E-state index contributed by atoms with van der Waals surface area (Å²) in [6, 6.07) is 20.5. The minimum absolute atomic E-state index is 0.308. The van der Waals surface area contributed by atoms with Crippen molar-refractivity contribution < 1.29 is 14.0 Å². The predicted molar refractivity (Wildman–Crippen MR) is 112 cm³/mol. The largest absolute Gasteiger partial charge is 0.457 e. The Balaban J connectivity index is 1.60. The first kappa shape index (κ1) is 17.1. The highest BCUT2D eigenvalue weighted by Gasteiger charge is 2.36. The maximum Gasteiger partial charge on any atom is 0.298 e. The van der Waals surface area contributed by atoms with Crippen molar-refractivity contribution in [3.05, 3.63) is 81.0 Å². The van der Waals surface area contributed by atoms with Crippen molar-refractivity contribution in [2.45, 2.75) is 0 Å². The van der Waals surface area contributed by atoms with E-state index in [-0.39, 0.29) is 11.1 Å². The molecule has 0 spiro atoms. The van der Waals surface area contributed by atoms with Crippen molar-refractivity contribution in [3.8, 4) is 11.3 Å². The molecule has 1 saturated heterocycles. The number of para-hydroxylation sites is 1. The number of carbonyl (C=O) groups is 2. The van der Waals surface area contributed by atoms with Gasteiger partial charge in [-0.15, -0.1) is 0 Å². The number of carbonyl (C=O) groups excluding carboxylic acids is 2. The second-order valence-corrected chi connectivity index (χ2v) is 7.80. The number of furan rings is 1. The number of halogens is 1. The molecule has 0 atom stereocenters. The first-order chi connectivity index (χ1) is 12.6. The van der Waals surface area contributed by atoms with Crippen LogP contribution in [-0.2, 0) is 4.79 Å². The van der Waals surface area contributed by atoms with Gasteiger partial charge in [-0.3, -0.25) is 9.59 Å². The topological polar surface area (TPSA) is 50.5 Å². The number of hydrogen-bond acceptors (Lipinski definition) is 4. The average Bonchev–Trinajstić information content (AvgIpc) is 3.21. The lowest BCUT2D eigenvalue weighted by molar-refractivity contribution is -0.113. The molecule has 1 aromatic heterocycles. The number of rotatable bonds is 3. The van der Waals surface area contributed by atoms with Gasteiger partial charge in [0, 0.05) is 15.2 Å². The molecule has 1 aliphatic rings. The lowest BCUT2D eigenvalue weighted by Crippen LogP contribution is -2.27. The van der Waals surface area contributed by atoms with Gasteiger partial charge in [-0.05, 0) is 70.8 Å². The van der Waals surface area contributed by atoms with Crippen LogP contribution in [0.3, 0.4) is 0 Å². The zero-order valence-corrected chi connectivity index (χ0v) is 16.4. The molecule has 4 nitrogen and oxygen atoms in total. The van der Waals surface area contributed by atoms with Crippen LogP contribution in [0, 0.1) is 3.57 Å². The normalized spacial score (nSPS) is 15.9. The Morgan fingerprint density at radius 3 is 2.38 bits per heavy atom. The molecule has 0 radical (unpaired) electrons. The van der Waals surface area contributed by atoms with Crippen molar-refractivity contribution in [2.24, 2.45) is 0 Å². The van der Waals surface area contributed by atoms with E-state index in [0.717, 1.165) is 26.7 Å². The third kappa shape index (κ3) is 3.34. The van der Waals surface area contributed by atoms with Gasteiger partial charge in [0.25, 0.3) is 11.1 Å². The van der Waals surface area contributed by atoms with Crippen LogP contribution >= 0.6 is 34.4 Å². The summed E-state index contributed by atoms with van der Waals surface area (Å²) in [6.45, 7) is 0. The lowest BCUT2D eigenvalue weighted by Gasteiger charge is -2.11. The van der Waals surface area contributed by atoms with Crippen molar-refractivity contribution in [2.75, 3.05) is 4.90 Å². The van der Waals surface area contributed by atoms with Gasteiger partial charge in [0.15, 0.2) is 0 Å². The number of hydrogen-bond donors (Lipinski definition) is 0. The predicted octanol–water partition coefficient (Wildman–Crippen LogP) is 5.79. The number of anilines is 1. The molecule has 2 amide bonds. The molecule has 1 aliphatic heterocycles. The summed E-state index contributed by atoms with van der Waals surface area (Å²) in [5, 5.41) is -0.308. The Labute approximate surface area is 168 Å². The van der Waals surface area contributed by atoms with Gasteiger partial charge in [-0.2, -0.15) is 0 Å². The summed E-state index contributed by atoms with van der Waals surface area (Å²) in [7, 11) is 0. The van der Waals surface area contributed by atoms with E-state index in [1.807, 2.05) is 36.4 Å². The summed E-state index contributed by atoms with van der Waals surface area (Å²) in [6.07, 6.45) is 1.62. The Kier molecular flexibility index (Phi) is 4.69. The zero-order valence-electron chi connectivity index (χ0n) is 13.4. The van der Waals surface area contributed by atoms with Crippen LogP contribution in [-0.4, -0.2) is 11.1 Å². The van der Waals surface area contributed by atoms with Crippen LogP contribution in [0.5, 0.6) is 0 Å². The van der Waals surface area contributed by atoms with Crippen LogP contribution < -0.4 is 4.90 Å². The summed E-state index contributed by atoms with van der Waals surface area (Å²) in [4.78, 5) is 26.4. The Hall–Kier alpha value is -2.32. The van der Waals surface area contributed by atoms with E-state index in [0.29, 0.717) is 16.4 Å². The maximum absolute atomic E-state index is 12.6. The first-order valence-corrected chi connectivity index (χ1v) is 9.70. The molecular weight excluding hydrogens is 461 g/mol. The fraction of sp³-hybridized carbons (Fsp3) is 0. The molecule has 128 valence electrons. The second kappa shape index (κ2) is 7.13. The SMILES string of the molecule is O=C1S/C(=C/c2ccc(-c3ccc(I)cc3)o2)C(=O)N1c1ccccc1. The van der Waals surface area contributed by atoms with Gasteiger partial charge >= 0.3 is 0 Å². The van der Waals surface area contributed by atoms with E-state index in [2.05, 4.69) is 22.6 Å². The maximum atomic E-state index is 12.6. The minimum Gasteiger partial charge on any atom is -0.457 e.